The van der Waals surface area contributed by atoms with Gasteiger partial charge in [0.2, 0.25) is 0 Å². The van der Waals surface area contributed by atoms with E-state index in [9.17, 15) is 9.59 Å². The molecule has 4 aliphatic carbocycles. The van der Waals surface area contributed by atoms with E-state index in [1.807, 2.05) is 6.07 Å². The molecule has 4 fully saturated rings. The van der Waals surface area contributed by atoms with Crippen LogP contribution in [0.3, 0.4) is 0 Å². The Kier molecular flexibility index (Phi) is 4.22. The van der Waals surface area contributed by atoms with Gasteiger partial charge in [-0.2, -0.15) is 5.26 Å². The number of hydrogen-bond acceptors (Lipinski definition) is 4. The van der Waals surface area contributed by atoms with Gasteiger partial charge in [0.1, 0.15) is 0 Å². The summed E-state index contributed by atoms with van der Waals surface area (Å²) in [6.07, 6.45) is 5.72. The molecule has 1 aromatic carbocycles. The molecule has 1 N–H and O–H groups in total. The molecule has 4 saturated carbocycles. The molecule has 0 saturated heterocycles. The average Bonchev–Trinajstić information content (AvgIpc) is 2.60. The molecule has 0 spiro atoms. The number of anilines is 1. The van der Waals surface area contributed by atoms with Crippen molar-refractivity contribution in [2.24, 2.45) is 23.2 Å². The Bertz CT molecular complexity index is 744. The maximum Gasteiger partial charge on any atom is 0.312 e. The van der Waals surface area contributed by atoms with Gasteiger partial charge in [-0.25, -0.2) is 0 Å². The Morgan fingerprint density at radius 3 is 2.38 bits per heavy atom. The van der Waals surface area contributed by atoms with E-state index in [1.54, 1.807) is 31.2 Å². The van der Waals surface area contributed by atoms with E-state index in [2.05, 4.69) is 5.32 Å². The summed E-state index contributed by atoms with van der Waals surface area (Å²) in [6, 6.07) is 8.74. The lowest BCUT2D eigenvalue weighted by Crippen LogP contribution is -2.51. The van der Waals surface area contributed by atoms with Gasteiger partial charge in [0.05, 0.1) is 17.0 Å². The third-order valence-electron chi connectivity index (χ3n) is 6.38. The summed E-state index contributed by atoms with van der Waals surface area (Å²) in [5.41, 5.74) is 0.650. The number of amides is 1. The van der Waals surface area contributed by atoms with E-state index >= 15 is 0 Å². The van der Waals surface area contributed by atoms with Gasteiger partial charge in [0.15, 0.2) is 6.10 Å². The predicted molar refractivity (Wildman–Crippen MR) is 95.9 cm³/mol. The van der Waals surface area contributed by atoms with Crippen LogP contribution in [0, 0.1) is 34.5 Å². The van der Waals surface area contributed by atoms with Crippen LogP contribution < -0.4 is 5.32 Å². The number of rotatable bonds is 4. The molecule has 5 nitrogen and oxygen atoms in total. The van der Waals surface area contributed by atoms with Gasteiger partial charge in [-0.05, 0) is 81.4 Å². The second kappa shape index (κ2) is 6.42. The number of hydrogen-bond donors (Lipinski definition) is 1. The van der Waals surface area contributed by atoms with Crippen LogP contribution in [0.2, 0.25) is 0 Å². The molecular formula is C21H24N2O3. The zero-order valence-corrected chi connectivity index (χ0v) is 15.0. The molecule has 5 heteroatoms. The summed E-state index contributed by atoms with van der Waals surface area (Å²) in [5, 5.41) is 11.7. The number of nitrogens with one attached hydrogen (secondary N) is 1. The number of nitrogens with zero attached hydrogens (tertiary/aromatic N) is 1. The third-order valence-corrected chi connectivity index (χ3v) is 6.38. The molecule has 0 radical (unpaired) electrons. The highest BCUT2D eigenvalue weighted by atomic mass is 16.5. The Balaban J connectivity index is 1.39. The van der Waals surface area contributed by atoms with E-state index in [4.69, 9.17) is 10.00 Å². The highest BCUT2D eigenvalue weighted by Crippen LogP contribution is 2.60. The maximum absolute atomic E-state index is 12.9. The Labute approximate surface area is 153 Å². The van der Waals surface area contributed by atoms with Gasteiger partial charge >= 0.3 is 5.97 Å². The molecule has 4 aliphatic rings. The van der Waals surface area contributed by atoms with Gasteiger partial charge in [-0.3, -0.25) is 9.59 Å². The van der Waals surface area contributed by atoms with Gasteiger partial charge in [0, 0.05) is 5.69 Å². The quantitative estimate of drug-likeness (QED) is 0.839. The Hall–Kier alpha value is -2.35. The number of carbonyl (C=O) groups is 2. The lowest BCUT2D eigenvalue weighted by molar-refractivity contribution is -0.177. The van der Waals surface area contributed by atoms with Crippen molar-refractivity contribution in [3.63, 3.8) is 0 Å². The third kappa shape index (κ3) is 3.09. The second-order valence-corrected chi connectivity index (χ2v) is 8.43. The van der Waals surface area contributed by atoms with E-state index in [0.717, 1.165) is 19.3 Å². The number of ether oxygens (including phenoxy) is 1. The summed E-state index contributed by atoms with van der Waals surface area (Å²) in [5.74, 6) is 1.42. The fourth-order valence-electron chi connectivity index (χ4n) is 5.61. The molecule has 136 valence electrons. The monoisotopic (exact) mass is 352 g/mol. The summed E-state index contributed by atoms with van der Waals surface area (Å²) in [6.45, 7) is 1.61. The summed E-state index contributed by atoms with van der Waals surface area (Å²) < 4.78 is 5.61. The van der Waals surface area contributed by atoms with E-state index in [-0.39, 0.29) is 17.3 Å². The van der Waals surface area contributed by atoms with Crippen LogP contribution in [-0.2, 0) is 14.3 Å². The smallest absolute Gasteiger partial charge is 0.312 e. The highest BCUT2D eigenvalue weighted by Gasteiger charge is 2.55. The molecule has 1 atom stereocenters. The summed E-state index contributed by atoms with van der Waals surface area (Å²) >= 11 is 0. The lowest BCUT2D eigenvalue weighted by Gasteiger charge is -2.55. The number of esters is 1. The van der Waals surface area contributed by atoms with Crippen LogP contribution in [0.1, 0.15) is 51.0 Å². The first-order valence-electron chi connectivity index (χ1n) is 9.49. The standard InChI is InChI=1S/C21H24N2O3/c1-13(19(24)23-18-4-2-3-14(8-18)12-22)26-20(25)21-9-15-5-16(10-21)7-17(6-15)11-21/h2-4,8,13,15-17H,5-7,9-11H2,1H3,(H,23,24)/t13-,15?,16?,17?,21?/m1/s1. The van der Waals surface area contributed by atoms with Crippen LogP contribution in [0.15, 0.2) is 24.3 Å². The molecule has 1 aromatic rings. The van der Waals surface area contributed by atoms with Crippen molar-refractivity contribution in [1.29, 1.82) is 5.26 Å². The summed E-state index contributed by atoms with van der Waals surface area (Å²) in [7, 11) is 0. The molecule has 0 unspecified atom stereocenters. The van der Waals surface area contributed by atoms with Gasteiger partial charge in [-0.1, -0.05) is 6.07 Å². The largest absolute Gasteiger partial charge is 0.452 e. The molecule has 4 bridgehead atoms. The van der Waals surface area contributed by atoms with Crippen LogP contribution in [0.5, 0.6) is 0 Å². The van der Waals surface area contributed by atoms with Crippen LogP contribution in [0.25, 0.3) is 0 Å². The van der Waals surface area contributed by atoms with E-state index in [0.29, 0.717) is 29.0 Å². The van der Waals surface area contributed by atoms with Crippen molar-refractivity contribution in [1.82, 2.24) is 0 Å². The van der Waals surface area contributed by atoms with Gasteiger partial charge < -0.3 is 10.1 Å². The molecule has 26 heavy (non-hydrogen) atoms. The number of benzene rings is 1. The molecule has 0 aliphatic heterocycles. The van der Waals surface area contributed by atoms with Crippen molar-refractivity contribution in [2.75, 3.05) is 5.32 Å². The number of nitriles is 1. The SMILES string of the molecule is C[C@@H](OC(=O)C12CC3CC(CC(C3)C1)C2)C(=O)Nc1cccc(C#N)c1. The van der Waals surface area contributed by atoms with Crippen molar-refractivity contribution < 1.29 is 14.3 Å². The normalized spacial score (nSPS) is 32.5. The predicted octanol–water partition coefficient (Wildman–Crippen LogP) is 3.64. The zero-order valence-electron chi connectivity index (χ0n) is 15.0. The van der Waals surface area contributed by atoms with Crippen molar-refractivity contribution in [2.45, 2.75) is 51.6 Å². The first-order valence-corrected chi connectivity index (χ1v) is 9.49. The highest BCUT2D eigenvalue weighted by molar-refractivity contribution is 5.95. The molecule has 0 heterocycles. The molecule has 1 amide bonds. The topological polar surface area (TPSA) is 79.2 Å². The molecular weight excluding hydrogens is 328 g/mol. The van der Waals surface area contributed by atoms with Crippen molar-refractivity contribution in [3.05, 3.63) is 29.8 Å². The zero-order chi connectivity index (χ0) is 18.3. The van der Waals surface area contributed by atoms with Crippen molar-refractivity contribution in [3.8, 4) is 6.07 Å². The van der Waals surface area contributed by atoms with Gasteiger partial charge in [-0.15, -0.1) is 0 Å². The van der Waals surface area contributed by atoms with Crippen LogP contribution in [-0.4, -0.2) is 18.0 Å². The lowest BCUT2D eigenvalue weighted by atomic mass is 9.49. The molecule has 0 aromatic heterocycles. The van der Waals surface area contributed by atoms with Crippen LogP contribution in [0.4, 0.5) is 5.69 Å². The second-order valence-electron chi connectivity index (χ2n) is 8.43. The van der Waals surface area contributed by atoms with E-state index in [1.165, 1.54) is 19.3 Å². The van der Waals surface area contributed by atoms with Crippen molar-refractivity contribution >= 4 is 17.6 Å². The maximum atomic E-state index is 12.9. The Morgan fingerprint density at radius 1 is 1.19 bits per heavy atom. The minimum atomic E-state index is -0.846. The molecule has 5 rings (SSSR count). The van der Waals surface area contributed by atoms with Gasteiger partial charge in [0.25, 0.3) is 5.91 Å². The minimum absolute atomic E-state index is 0.190. The first-order chi connectivity index (χ1) is 12.5. The Morgan fingerprint density at radius 2 is 1.81 bits per heavy atom. The minimum Gasteiger partial charge on any atom is -0.452 e. The fraction of sp³-hybridized carbons (Fsp3) is 0.571. The fourth-order valence-corrected chi connectivity index (χ4v) is 5.61. The van der Waals surface area contributed by atoms with E-state index < -0.39 is 6.10 Å². The first kappa shape index (κ1) is 17.1. The summed E-state index contributed by atoms with van der Waals surface area (Å²) in [4.78, 5) is 25.3. The number of carbonyl (C=O) groups excluding carboxylic acids is 2. The van der Waals surface area contributed by atoms with Crippen LogP contribution >= 0.6 is 0 Å². The average molecular weight is 352 g/mol.